The van der Waals surface area contributed by atoms with Crippen molar-refractivity contribution in [3.05, 3.63) is 24.3 Å². The summed E-state index contributed by atoms with van der Waals surface area (Å²) in [7, 11) is 1.18. The van der Waals surface area contributed by atoms with Gasteiger partial charge in [-0.2, -0.15) is 0 Å². The molecule has 2 heterocycles. The summed E-state index contributed by atoms with van der Waals surface area (Å²) in [6, 6.07) is 7.66. The fraction of sp³-hybridized carbons (Fsp3) is 0.500. The van der Waals surface area contributed by atoms with E-state index in [0.29, 0.717) is 6.79 Å². The SMILES string of the molecule is CB1Oc2ccccc2O1.CC.CC.[B]1OCO1. The predicted octanol–water partition coefficient (Wildman–Crippen LogP) is 3.15. The predicted molar refractivity (Wildman–Crippen MR) is 74.8 cm³/mol. The smallest absolute Gasteiger partial charge is 0.523 e. The van der Waals surface area contributed by atoms with Gasteiger partial charge in [0.15, 0.2) is 0 Å². The molecule has 0 amide bonds. The second kappa shape index (κ2) is 11.0. The normalized spacial score (nSPS) is 13.3. The number of rotatable bonds is 0. The highest BCUT2D eigenvalue weighted by Crippen LogP contribution is 2.32. The van der Waals surface area contributed by atoms with Crippen molar-refractivity contribution in [2.24, 2.45) is 0 Å². The van der Waals surface area contributed by atoms with Crippen LogP contribution < -0.4 is 9.31 Å². The van der Waals surface area contributed by atoms with Gasteiger partial charge in [-0.1, -0.05) is 39.8 Å². The van der Waals surface area contributed by atoms with E-state index in [9.17, 15) is 0 Å². The van der Waals surface area contributed by atoms with Crippen molar-refractivity contribution in [3.8, 4) is 11.5 Å². The Balaban J connectivity index is 0.000000304. The number of hydrogen-bond donors (Lipinski definition) is 0. The van der Waals surface area contributed by atoms with Crippen LogP contribution in [0.3, 0.4) is 0 Å². The molecule has 2 aliphatic rings. The lowest BCUT2D eigenvalue weighted by molar-refractivity contribution is 0.00920. The topological polar surface area (TPSA) is 36.9 Å². The molecule has 0 atom stereocenters. The minimum atomic E-state index is -0.127. The van der Waals surface area contributed by atoms with Gasteiger partial charge < -0.3 is 18.6 Å². The lowest BCUT2D eigenvalue weighted by Gasteiger charge is -2.08. The fourth-order valence-corrected chi connectivity index (χ4v) is 1.09. The fourth-order valence-electron chi connectivity index (χ4n) is 1.09. The molecule has 0 unspecified atom stereocenters. The third-order valence-corrected chi connectivity index (χ3v) is 1.71. The van der Waals surface area contributed by atoms with E-state index in [4.69, 9.17) is 9.31 Å². The molecule has 0 bridgehead atoms. The molecule has 1 radical (unpaired) electrons. The molecular weight excluding hydrogens is 230 g/mol. The van der Waals surface area contributed by atoms with Crippen LogP contribution in [0, 0.1) is 0 Å². The summed E-state index contributed by atoms with van der Waals surface area (Å²) >= 11 is 0. The van der Waals surface area contributed by atoms with Gasteiger partial charge in [0.25, 0.3) is 0 Å². The van der Waals surface area contributed by atoms with E-state index in [0.717, 1.165) is 11.5 Å². The van der Waals surface area contributed by atoms with Gasteiger partial charge in [0, 0.05) is 0 Å². The molecule has 99 valence electrons. The first-order valence-electron chi connectivity index (χ1n) is 6.33. The Morgan fingerprint density at radius 3 is 1.56 bits per heavy atom. The number of fused-ring (bicyclic) bond motifs is 1. The van der Waals surface area contributed by atoms with E-state index < -0.39 is 0 Å². The molecule has 0 spiro atoms. The molecule has 1 saturated heterocycles. The van der Waals surface area contributed by atoms with E-state index in [1.807, 2.05) is 58.8 Å². The molecule has 1 fully saturated rings. The van der Waals surface area contributed by atoms with Gasteiger partial charge in [-0.3, -0.25) is 0 Å². The van der Waals surface area contributed by atoms with E-state index in [-0.39, 0.29) is 7.12 Å². The second-order valence-electron chi connectivity index (χ2n) is 2.80. The summed E-state index contributed by atoms with van der Waals surface area (Å²) in [6.45, 7) is 10.3. The van der Waals surface area contributed by atoms with E-state index in [2.05, 4.69) is 9.31 Å². The zero-order chi connectivity index (χ0) is 13.8. The zero-order valence-electron chi connectivity index (χ0n) is 11.8. The minimum Gasteiger partial charge on any atom is -0.523 e. The van der Waals surface area contributed by atoms with Crippen molar-refractivity contribution in [2.75, 3.05) is 6.79 Å². The highest BCUT2D eigenvalue weighted by atomic mass is 16.8. The molecule has 1 aromatic rings. The molecule has 1 aromatic carbocycles. The number of hydrogen-bond acceptors (Lipinski definition) is 4. The monoisotopic (exact) mass is 251 g/mol. The third kappa shape index (κ3) is 5.98. The maximum atomic E-state index is 5.28. The molecule has 0 aliphatic carbocycles. The summed E-state index contributed by atoms with van der Waals surface area (Å²) in [5.41, 5.74) is 0. The van der Waals surface area contributed by atoms with Crippen LogP contribution in [0.2, 0.25) is 6.82 Å². The molecule has 6 heteroatoms. The first-order valence-corrected chi connectivity index (χ1v) is 6.33. The highest BCUT2D eigenvalue weighted by Gasteiger charge is 2.24. The van der Waals surface area contributed by atoms with Gasteiger partial charge in [-0.15, -0.1) is 0 Å². The molecule has 2 aliphatic heterocycles. The molecule has 3 rings (SSSR count). The largest absolute Gasteiger partial charge is 0.591 e. The second-order valence-corrected chi connectivity index (χ2v) is 2.80. The van der Waals surface area contributed by atoms with Crippen LogP contribution >= 0.6 is 0 Å². The van der Waals surface area contributed by atoms with Crippen LogP contribution in [0.25, 0.3) is 0 Å². The summed E-state index contributed by atoms with van der Waals surface area (Å²) in [5, 5.41) is 0. The van der Waals surface area contributed by atoms with Crippen LogP contribution in [0.5, 0.6) is 11.5 Å². The van der Waals surface area contributed by atoms with Gasteiger partial charge in [0.05, 0.1) is 0 Å². The van der Waals surface area contributed by atoms with Crippen molar-refractivity contribution in [3.63, 3.8) is 0 Å². The van der Waals surface area contributed by atoms with E-state index >= 15 is 0 Å². The Morgan fingerprint density at radius 2 is 1.28 bits per heavy atom. The number of benzene rings is 1. The average Bonchev–Trinajstić information content (AvgIpc) is 2.72. The van der Waals surface area contributed by atoms with E-state index in [1.54, 1.807) is 0 Å². The lowest BCUT2D eigenvalue weighted by Crippen LogP contribution is -2.18. The molecule has 0 saturated carbocycles. The lowest BCUT2D eigenvalue weighted by atomic mass is 9.97. The summed E-state index contributed by atoms with van der Waals surface area (Å²) in [5.74, 6) is 1.69. The van der Waals surface area contributed by atoms with Crippen LogP contribution in [-0.2, 0) is 9.31 Å². The Bertz CT molecular complexity index is 277. The van der Waals surface area contributed by atoms with Crippen LogP contribution in [-0.4, -0.2) is 21.6 Å². The van der Waals surface area contributed by atoms with Crippen molar-refractivity contribution < 1.29 is 18.6 Å². The Hall–Kier alpha value is -1.13. The van der Waals surface area contributed by atoms with Crippen molar-refractivity contribution in [2.45, 2.75) is 34.5 Å². The Morgan fingerprint density at radius 1 is 0.944 bits per heavy atom. The summed E-state index contributed by atoms with van der Waals surface area (Å²) in [4.78, 5) is 0. The Labute approximate surface area is 111 Å². The molecule has 18 heavy (non-hydrogen) atoms. The van der Waals surface area contributed by atoms with Gasteiger partial charge in [0.2, 0.25) is 0 Å². The van der Waals surface area contributed by atoms with Crippen LogP contribution in [0.15, 0.2) is 24.3 Å². The molecule has 0 N–H and O–H groups in total. The third-order valence-electron chi connectivity index (χ3n) is 1.71. The quantitative estimate of drug-likeness (QED) is 0.663. The molecule has 4 nitrogen and oxygen atoms in total. The zero-order valence-corrected chi connectivity index (χ0v) is 11.8. The van der Waals surface area contributed by atoms with Crippen molar-refractivity contribution in [1.29, 1.82) is 0 Å². The van der Waals surface area contributed by atoms with Gasteiger partial charge in [-0.25, -0.2) is 0 Å². The maximum absolute atomic E-state index is 5.28. The molecular formula is C12H21B2O4. The standard InChI is InChI=1S/C7H7BO2.2C2H6.CH2BO2/c1-8-9-6-4-2-3-5-7(6)10-8;2*1-2;1-3-2-4-1/h2-5H,1H3;2*1-2H3;1H2. The first kappa shape index (κ1) is 16.9. The maximum Gasteiger partial charge on any atom is 0.591 e. The molecule has 0 aromatic heterocycles. The summed E-state index contributed by atoms with van der Waals surface area (Å²) < 4.78 is 19.3. The minimum absolute atomic E-state index is 0.127. The summed E-state index contributed by atoms with van der Waals surface area (Å²) in [6.07, 6.45) is 0. The van der Waals surface area contributed by atoms with E-state index in [1.165, 1.54) is 7.69 Å². The van der Waals surface area contributed by atoms with Gasteiger partial charge in [-0.05, 0) is 19.0 Å². The van der Waals surface area contributed by atoms with Gasteiger partial charge >= 0.3 is 14.8 Å². The van der Waals surface area contributed by atoms with Crippen molar-refractivity contribution >= 4 is 14.8 Å². The average molecular weight is 251 g/mol. The van der Waals surface area contributed by atoms with Gasteiger partial charge in [0.1, 0.15) is 18.3 Å². The van der Waals surface area contributed by atoms with Crippen LogP contribution in [0.4, 0.5) is 0 Å². The van der Waals surface area contributed by atoms with Crippen molar-refractivity contribution in [1.82, 2.24) is 0 Å². The number of para-hydroxylation sites is 2. The Kier molecular flexibility index (Phi) is 10.3. The first-order chi connectivity index (χ1) is 8.86. The van der Waals surface area contributed by atoms with Crippen LogP contribution in [0.1, 0.15) is 27.7 Å². The highest BCUT2D eigenvalue weighted by molar-refractivity contribution is 6.45.